The Morgan fingerprint density at radius 2 is 1.63 bits per heavy atom. The van der Waals surface area contributed by atoms with E-state index in [-0.39, 0.29) is 12.0 Å². The van der Waals surface area contributed by atoms with Gasteiger partial charge in [0.15, 0.2) is 5.75 Å². The van der Waals surface area contributed by atoms with Crippen molar-refractivity contribution in [3.05, 3.63) is 54.5 Å². The molecule has 1 aromatic carbocycles. The molecule has 0 aliphatic carbocycles. The SMILES string of the molecule is COc1cnc(Nc2ccc(C(=O)N3CCN(C(=O)OC(C)(C)C)CC3)cn2)nc1-c1ccc2ncc(N(C)C)nc2c1. The van der Waals surface area contributed by atoms with E-state index in [0.717, 1.165) is 22.4 Å². The van der Waals surface area contributed by atoms with Crippen LogP contribution in [0.4, 0.5) is 22.4 Å². The van der Waals surface area contributed by atoms with E-state index in [4.69, 9.17) is 9.47 Å². The molecule has 43 heavy (non-hydrogen) atoms. The van der Waals surface area contributed by atoms with Gasteiger partial charge in [-0.05, 0) is 45.0 Å². The molecular formula is C30H35N9O4. The van der Waals surface area contributed by atoms with Crippen LogP contribution in [0.2, 0.25) is 0 Å². The normalized spacial score (nSPS) is 13.5. The number of benzene rings is 1. The second kappa shape index (κ2) is 12.0. The largest absolute Gasteiger partial charge is 0.493 e. The van der Waals surface area contributed by atoms with E-state index < -0.39 is 5.60 Å². The van der Waals surface area contributed by atoms with Gasteiger partial charge < -0.3 is 29.5 Å². The highest BCUT2D eigenvalue weighted by Gasteiger charge is 2.28. The summed E-state index contributed by atoms with van der Waals surface area (Å²) < 4.78 is 11.0. The molecule has 0 atom stereocenters. The van der Waals surface area contributed by atoms with Crippen molar-refractivity contribution in [1.82, 2.24) is 34.7 Å². The topological polar surface area (TPSA) is 139 Å². The fraction of sp³-hybridized carbons (Fsp3) is 0.367. The lowest BCUT2D eigenvalue weighted by Crippen LogP contribution is -2.51. The van der Waals surface area contributed by atoms with Gasteiger partial charge in [-0.2, -0.15) is 0 Å². The van der Waals surface area contributed by atoms with Crippen LogP contribution in [0.3, 0.4) is 0 Å². The summed E-state index contributed by atoms with van der Waals surface area (Å²) in [7, 11) is 5.39. The Balaban J connectivity index is 1.27. The molecule has 4 heterocycles. The number of pyridine rings is 1. The minimum atomic E-state index is -0.564. The van der Waals surface area contributed by atoms with E-state index in [0.29, 0.717) is 55.0 Å². The van der Waals surface area contributed by atoms with Crippen LogP contribution < -0.4 is 15.0 Å². The third-order valence-electron chi connectivity index (χ3n) is 6.71. The number of rotatable bonds is 6. The average molecular weight is 586 g/mol. The summed E-state index contributed by atoms with van der Waals surface area (Å²) in [5, 5.41) is 3.10. The molecule has 224 valence electrons. The van der Waals surface area contributed by atoms with Gasteiger partial charge in [0.05, 0.1) is 36.1 Å². The van der Waals surface area contributed by atoms with Crippen LogP contribution in [0, 0.1) is 0 Å². The maximum atomic E-state index is 13.1. The summed E-state index contributed by atoms with van der Waals surface area (Å²) in [5.74, 6) is 1.89. The van der Waals surface area contributed by atoms with Gasteiger partial charge in [-0.3, -0.25) is 9.78 Å². The number of carbonyl (C=O) groups is 2. The molecule has 3 aromatic heterocycles. The van der Waals surface area contributed by atoms with Gasteiger partial charge in [-0.25, -0.2) is 24.7 Å². The molecule has 0 radical (unpaired) electrons. The zero-order valence-electron chi connectivity index (χ0n) is 25.2. The second-order valence-electron chi connectivity index (χ2n) is 11.3. The third kappa shape index (κ3) is 6.88. The van der Waals surface area contributed by atoms with Gasteiger partial charge in [0, 0.05) is 52.0 Å². The minimum Gasteiger partial charge on any atom is -0.493 e. The molecule has 1 saturated heterocycles. The molecular weight excluding hydrogens is 550 g/mol. The fourth-order valence-corrected chi connectivity index (χ4v) is 4.46. The summed E-state index contributed by atoms with van der Waals surface area (Å²) in [6, 6.07) is 9.11. The zero-order chi connectivity index (χ0) is 30.7. The number of ether oxygens (including phenoxy) is 2. The number of piperazine rings is 1. The lowest BCUT2D eigenvalue weighted by atomic mass is 10.1. The number of nitrogens with one attached hydrogen (secondary N) is 1. The molecule has 1 N–H and O–H groups in total. The first-order valence-electron chi connectivity index (χ1n) is 13.9. The van der Waals surface area contributed by atoms with Gasteiger partial charge in [0.2, 0.25) is 5.95 Å². The monoisotopic (exact) mass is 585 g/mol. The lowest BCUT2D eigenvalue weighted by molar-refractivity contribution is 0.0141. The molecule has 1 aliphatic heterocycles. The van der Waals surface area contributed by atoms with E-state index in [1.807, 2.05) is 58.0 Å². The molecule has 4 aromatic rings. The number of aromatic nitrogens is 5. The number of hydrogen-bond donors (Lipinski definition) is 1. The summed E-state index contributed by atoms with van der Waals surface area (Å²) >= 11 is 0. The number of methoxy groups -OCH3 is 1. The molecule has 5 rings (SSSR count). The fourth-order valence-electron chi connectivity index (χ4n) is 4.46. The smallest absolute Gasteiger partial charge is 0.410 e. The van der Waals surface area contributed by atoms with Crippen molar-refractivity contribution >= 4 is 40.6 Å². The molecule has 13 heteroatoms. The number of amides is 2. The standard InChI is InChI=1S/C30H35N9O4/c1-30(2,3)43-29(41)39-13-11-38(12-14-39)27(40)20-8-10-24(32-16-20)35-28-33-17-23(42-6)26(36-28)19-7-9-21-22(15-19)34-25(18-31-21)37(4)5/h7-10,15-18H,11-14H2,1-6H3,(H,32,33,35,36). The molecule has 1 aliphatic rings. The third-order valence-corrected chi connectivity index (χ3v) is 6.71. The highest BCUT2D eigenvalue weighted by molar-refractivity contribution is 5.94. The molecule has 0 bridgehead atoms. The summed E-state index contributed by atoms with van der Waals surface area (Å²) in [5.41, 5.74) is 2.75. The van der Waals surface area contributed by atoms with Crippen molar-refractivity contribution < 1.29 is 19.1 Å². The van der Waals surface area contributed by atoms with Crippen LogP contribution in [0.5, 0.6) is 5.75 Å². The Labute approximate surface area is 249 Å². The van der Waals surface area contributed by atoms with Crippen molar-refractivity contribution in [1.29, 1.82) is 0 Å². The predicted octanol–water partition coefficient (Wildman–Crippen LogP) is 3.99. The quantitative estimate of drug-likeness (QED) is 0.351. The zero-order valence-corrected chi connectivity index (χ0v) is 25.2. The van der Waals surface area contributed by atoms with Crippen molar-refractivity contribution in [3.63, 3.8) is 0 Å². The van der Waals surface area contributed by atoms with Gasteiger partial charge >= 0.3 is 6.09 Å². The molecule has 2 amide bonds. The van der Waals surface area contributed by atoms with E-state index in [2.05, 4.69) is 30.2 Å². The Morgan fingerprint density at radius 1 is 0.884 bits per heavy atom. The van der Waals surface area contributed by atoms with E-state index in [1.165, 1.54) is 6.20 Å². The number of carbonyl (C=O) groups excluding carboxylic acids is 2. The first kappa shape index (κ1) is 29.4. The van der Waals surface area contributed by atoms with Crippen molar-refractivity contribution in [2.75, 3.05) is 57.6 Å². The minimum absolute atomic E-state index is 0.150. The number of anilines is 3. The number of hydrogen-bond acceptors (Lipinski definition) is 11. The first-order valence-corrected chi connectivity index (χ1v) is 13.9. The number of fused-ring (bicyclic) bond motifs is 1. The van der Waals surface area contributed by atoms with Crippen LogP contribution >= 0.6 is 0 Å². The average Bonchev–Trinajstić information content (AvgIpc) is 2.99. The van der Waals surface area contributed by atoms with Crippen LogP contribution in [0.15, 0.2) is 48.9 Å². The van der Waals surface area contributed by atoms with E-state index in [9.17, 15) is 9.59 Å². The maximum Gasteiger partial charge on any atom is 0.410 e. The van der Waals surface area contributed by atoms with Gasteiger partial charge in [-0.15, -0.1) is 0 Å². The Bertz CT molecular complexity index is 1630. The first-order chi connectivity index (χ1) is 20.5. The van der Waals surface area contributed by atoms with Crippen molar-refractivity contribution in [2.45, 2.75) is 26.4 Å². The summed E-state index contributed by atoms with van der Waals surface area (Å²) in [6.07, 6.45) is 4.47. The molecule has 1 fully saturated rings. The lowest BCUT2D eigenvalue weighted by Gasteiger charge is -2.35. The number of nitrogens with zero attached hydrogens (tertiary/aromatic N) is 8. The van der Waals surface area contributed by atoms with E-state index in [1.54, 1.807) is 41.4 Å². The highest BCUT2D eigenvalue weighted by atomic mass is 16.6. The second-order valence-corrected chi connectivity index (χ2v) is 11.3. The van der Waals surface area contributed by atoms with Gasteiger partial charge in [-0.1, -0.05) is 6.07 Å². The Kier molecular flexibility index (Phi) is 8.24. The van der Waals surface area contributed by atoms with Crippen molar-refractivity contribution in [2.24, 2.45) is 0 Å². The molecule has 0 spiro atoms. The predicted molar refractivity (Wildman–Crippen MR) is 163 cm³/mol. The summed E-state index contributed by atoms with van der Waals surface area (Å²) in [6.45, 7) is 7.14. The Morgan fingerprint density at radius 3 is 2.28 bits per heavy atom. The molecule has 13 nitrogen and oxygen atoms in total. The molecule has 0 unspecified atom stereocenters. The van der Waals surface area contributed by atoms with Crippen LogP contribution in [0.25, 0.3) is 22.3 Å². The van der Waals surface area contributed by atoms with Crippen LogP contribution in [-0.2, 0) is 4.74 Å². The molecule has 0 saturated carbocycles. The Hall–Kier alpha value is -5.07. The van der Waals surface area contributed by atoms with Gasteiger partial charge in [0.25, 0.3) is 5.91 Å². The highest BCUT2D eigenvalue weighted by Crippen LogP contribution is 2.31. The van der Waals surface area contributed by atoms with Crippen LogP contribution in [-0.4, -0.2) is 99.7 Å². The van der Waals surface area contributed by atoms with Crippen molar-refractivity contribution in [3.8, 4) is 17.0 Å². The van der Waals surface area contributed by atoms with E-state index >= 15 is 0 Å². The van der Waals surface area contributed by atoms with Crippen LogP contribution in [0.1, 0.15) is 31.1 Å². The maximum absolute atomic E-state index is 13.1. The summed E-state index contributed by atoms with van der Waals surface area (Å²) in [4.78, 5) is 53.3. The van der Waals surface area contributed by atoms with Gasteiger partial charge in [0.1, 0.15) is 22.9 Å².